The molecule has 1 aliphatic heterocycles. The van der Waals surface area contributed by atoms with Gasteiger partial charge >= 0.3 is 0 Å². The number of amides is 1. The van der Waals surface area contributed by atoms with Gasteiger partial charge in [0.15, 0.2) is 5.82 Å². The first-order valence-corrected chi connectivity index (χ1v) is 9.45. The van der Waals surface area contributed by atoms with Crippen molar-refractivity contribution in [1.82, 2.24) is 20.4 Å². The smallest absolute Gasteiger partial charge is 0.259 e. The van der Waals surface area contributed by atoms with Gasteiger partial charge in [0.05, 0.1) is 23.8 Å². The van der Waals surface area contributed by atoms with Crippen LogP contribution in [0.1, 0.15) is 37.4 Å². The third kappa shape index (κ3) is 3.90. The Labute approximate surface area is 162 Å². The summed E-state index contributed by atoms with van der Waals surface area (Å²) in [4.78, 5) is 23.6. The molecule has 4 rings (SSSR count). The molecule has 1 saturated heterocycles. The van der Waals surface area contributed by atoms with Crippen LogP contribution in [0, 0.1) is 12.8 Å². The lowest BCUT2D eigenvalue weighted by Crippen LogP contribution is -2.43. The lowest BCUT2D eigenvalue weighted by Gasteiger charge is -2.33. The average molecular weight is 381 g/mol. The van der Waals surface area contributed by atoms with Crippen molar-refractivity contribution >= 4 is 11.7 Å². The maximum absolute atomic E-state index is 12.7. The Morgan fingerprint density at radius 2 is 2.25 bits per heavy atom. The van der Waals surface area contributed by atoms with Gasteiger partial charge < -0.3 is 19.2 Å². The molecule has 0 aromatic carbocycles. The number of furan rings is 1. The summed E-state index contributed by atoms with van der Waals surface area (Å²) >= 11 is 0. The number of piperidine rings is 1. The highest BCUT2D eigenvalue weighted by atomic mass is 16.5. The fourth-order valence-corrected chi connectivity index (χ4v) is 3.45. The molecule has 0 unspecified atom stereocenters. The molecule has 8 heteroatoms. The highest BCUT2D eigenvalue weighted by molar-refractivity contribution is 5.80. The van der Waals surface area contributed by atoms with Crippen LogP contribution in [-0.2, 0) is 4.79 Å². The van der Waals surface area contributed by atoms with E-state index in [4.69, 9.17) is 8.94 Å². The molecule has 1 fully saturated rings. The minimum Gasteiger partial charge on any atom is -0.467 e. The number of aromatic nitrogens is 3. The van der Waals surface area contributed by atoms with Crippen molar-refractivity contribution in [3.8, 4) is 11.5 Å². The molecule has 1 N–H and O–H groups in total. The largest absolute Gasteiger partial charge is 0.467 e. The predicted octanol–water partition coefficient (Wildman–Crippen LogP) is 3.13. The van der Waals surface area contributed by atoms with Gasteiger partial charge in [-0.2, -0.15) is 4.98 Å². The molecule has 4 heterocycles. The van der Waals surface area contributed by atoms with Crippen molar-refractivity contribution in [2.24, 2.45) is 5.92 Å². The molecule has 0 bridgehead atoms. The lowest BCUT2D eigenvalue weighted by molar-refractivity contribution is -0.126. The Bertz CT molecular complexity index is 920. The van der Waals surface area contributed by atoms with Crippen molar-refractivity contribution in [2.75, 3.05) is 18.0 Å². The van der Waals surface area contributed by atoms with E-state index in [2.05, 4.69) is 25.3 Å². The molecular weight excluding hydrogens is 358 g/mol. The number of pyridine rings is 1. The molecule has 3 aromatic heterocycles. The Balaban J connectivity index is 1.40. The van der Waals surface area contributed by atoms with Gasteiger partial charge in [-0.15, -0.1) is 0 Å². The molecule has 3 aromatic rings. The quantitative estimate of drug-likeness (QED) is 0.725. The molecule has 0 radical (unpaired) electrons. The van der Waals surface area contributed by atoms with Gasteiger partial charge in [-0.1, -0.05) is 5.16 Å². The van der Waals surface area contributed by atoms with E-state index in [1.54, 1.807) is 19.4 Å². The Morgan fingerprint density at radius 1 is 1.36 bits per heavy atom. The van der Waals surface area contributed by atoms with Gasteiger partial charge in [0.2, 0.25) is 5.91 Å². The standard InChI is InChI=1S/C20H23N5O3/c1-13(17-6-4-10-27-17)22-19(26)16-5-3-9-25(12-16)18-8-7-15(11-21-18)20-23-14(2)24-28-20/h4,6-8,10-11,13,16H,3,5,9,12H2,1-2H3,(H,22,26)/t13-,16+/m0/s1. The Hall–Kier alpha value is -3.16. The first-order valence-electron chi connectivity index (χ1n) is 9.45. The predicted molar refractivity (Wildman–Crippen MR) is 102 cm³/mol. The van der Waals surface area contributed by atoms with Crippen LogP contribution in [0.15, 0.2) is 45.7 Å². The topological polar surface area (TPSA) is 97.3 Å². The normalized spacial score (nSPS) is 18.1. The summed E-state index contributed by atoms with van der Waals surface area (Å²) in [6, 6.07) is 7.39. The second-order valence-corrected chi connectivity index (χ2v) is 7.08. The summed E-state index contributed by atoms with van der Waals surface area (Å²) in [7, 11) is 0. The van der Waals surface area contributed by atoms with Crippen molar-refractivity contribution in [1.29, 1.82) is 0 Å². The number of nitrogens with one attached hydrogen (secondary N) is 1. The zero-order valence-corrected chi connectivity index (χ0v) is 16.0. The summed E-state index contributed by atoms with van der Waals surface area (Å²) in [6.45, 7) is 5.23. The highest BCUT2D eigenvalue weighted by Gasteiger charge is 2.28. The first kappa shape index (κ1) is 18.2. The SMILES string of the molecule is Cc1noc(-c2ccc(N3CCC[C@@H](C(=O)N[C@@H](C)c4ccco4)C3)nc2)n1. The Kier molecular flexibility index (Phi) is 5.10. The molecule has 1 amide bonds. The van der Waals surface area contributed by atoms with Crippen molar-refractivity contribution < 1.29 is 13.7 Å². The number of nitrogens with zero attached hydrogens (tertiary/aromatic N) is 4. The molecule has 0 saturated carbocycles. The van der Waals surface area contributed by atoms with Gasteiger partial charge in [-0.3, -0.25) is 4.79 Å². The minimum atomic E-state index is -0.145. The van der Waals surface area contributed by atoms with E-state index in [1.165, 1.54) is 0 Å². The second kappa shape index (κ2) is 7.84. The van der Waals surface area contributed by atoms with Gasteiger partial charge in [0, 0.05) is 19.3 Å². The van der Waals surface area contributed by atoms with Crippen LogP contribution in [-0.4, -0.2) is 34.1 Å². The number of hydrogen-bond acceptors (Lipinski definition) is 7. The van der Waals surface area contributed by atoms with Gasteiger partial charge in [0.1, 0.15) is 11.6 Å². The van der Waals surface area contributed by atoms with Crippen LogP contribution in [0.2, 0.25) is 0 Å². The minimum absolute atomic E-state index is 0.0477. The van der Waals surface area contributed by atoms with Gasteiger partial charge in [0.25, 0.3) is 5.89 Å². The van der Waals surface area contributed by atoms with Crippen LogP contribution in [0.25, 0.3) is 11.5 Å². The molecule has 1 aliphatic rings. The fraction of sp³-hybridized carbons (Fsp3) is 0.400. The van der Waals surface area contributed by atoms with E-state index in [9.17, 15) is 4.79 Å². The highest BCUT2D eigenvalue weighted by Crippen LogP contribution is 2.25. The summed E-state index contributed by atoms with van der Waals surface area (Å²) in [5, 5.41) is 6.85. The number of anilines is 1. The van der Waals surface area contributed by atoms with E-state index in [-0.39, 0.29) is 17.9 Å². The second-order valence-electron chi connectivity index (χ2n) is 7.08. The van der Waals surface area contributed by atoms with Crippen molar-refractivity contribution in [2.45, 2.75) is 32.7 Å². The summed E-state index contributed by atoms with van der Waals surface area (Å²) < 4.78 is 10.5. The van der Waals surface area contributed by atoms with Crippen LogP contribution in [0.3, 0.4) is 0 Å². The molecule has 0 aliphatic carbocycles. The van der Waals surface area contributed by atoms with E-state index < -0.39 is 0 Å². The average Bonchev–Trinajstić information content (AvgIpc) is 3.40. The lowest BCUT2D eigenvalue weighted by atomic mass is 9.96. The van der Waals surface area contributed by atoms with E-state index >= 15 is 0 Å². The third-order valence-corrected chi connectivity index (χ3v) is 4.97. The first-order chi connectivity index (χ1) is 13.6. The number of aryl methyl sites for hydroxylation is 1. The summed E-state index contributed by atoms with van der Waals surface area (Å²) in [6.07, 6.45) is 5.16. The molecule has 28 heavy (non-hydrogen) atoms. The third-order valence-electron chi connectivity index (χ3n) is 4.97. The Morgan fingerprint density at radius 3 is 2.93 bits per heavy atom. The summed E-state index contributed by atoms with van der Waals surface area (Å²) in [5.74, 6) is 2.62. The van der Waals surface area contributed by atoms with Gasteiger partial charge in [-0.25, -0.2) is 4.98 Å². The maximum atomic E-state index is 12.7. The molecular formula is C20H23N5O3. The zero-order valence-electron chi connectivity index (χ0n) is 16.0. The van der Waals surface area contributed by atoms with Crippen molar-refractivity contribution in [3.63, 3.8) is 0 Å². The number of hydrogen-bond donors (Lipinski definition) is 1. The summed E-state index contributed by atoms with van der Waals surface area (Å²) in [5.41, 5.74) is 0.780. The molecule has 146 valence electrons. The van der Waals surface area contributed by atoms with Crippen LogP contribution >= 0.6 is 0 Å². The number of rotatable bonds is 5. The van der Waals surface area contributed by atoms with E-state index in [1.807, 2.05) is 31.2 Å². The van der Waals surface area contributed by atoms with E-state index in [0.717, 1.165) is 36.5 Å². The molecule has 8 nitrogen and oxygen atoms in total. The van der Waals surface area contributed by atoms with E-state index in [0.29, 0.717) is 18.3 Å². The van der Waals surface area contributed by atoms with Crippen molar-refractivity contribution in [3.05, 3.63) is 48.3 Å². The van der Waals surface area contributed by atoms with Gasteiger partial charge in [-0.05, 0) is 51.0 Å². The number of carbonyl (C=O) groups is 1. The number of carbonyl (C=O) groups excluding carboxylic acids is 1. The fourth-order valence-electron chi connectivity index (χ4n) is 3.45. The zero-order chi connectivity index (χ0) is 19.5. The van der Waals surface area contributed by atoms with Crippen LogP contribution in [0.5, 0.6) is 0 Å². The van der Waals surface area contributed by atoms with Crippen LogP contribution < -0.4 is 10.2 Å². The molecule has 2 atom stereocenters. The maximum Gasteiger partial charge on any atom is 0.259 e. The van der Waals surface area contributed by atoms with Crippen LogP contribution in [0.4, 0.5) is 5.82 Å². The molecule has 0 spiro atoms. The monoisotopic (exact) mass is 381 g/mol.